The molecule has 5 heteroatoms. The van der Waals surface area contributed by atoms with Crippen molar-refractivity contribution in [1.82, 2.24) is 0 Å². The maximum atomic E-state index is 13.4. The highest BCUT2D eigenvalue weighted by molar-refractivity contribution is 6.29. The Balaban J connectivity index is 2.28. The fraction of sp³-hybridized carbons (Fsp3) is 0.333. The fourth-order valence-electron chi connectivity index (χ4n) is 1.88. The van der Waals surface area contributed by atoms with Gasteiger partial charge in [0.2, 0.25) is 0 Å². The first kappa shape index (κ1) is 11.8. The van der Waals surface area contributed by atoms with E-state index >= 15 is 0 Å². The summed E-state index contributed by atoms with van der Waals surface area (Å²) in [6.07, 6.45) is 1.83. The average Bonchev–Trinajstić information content (AvgIpc) is 3.06. The van der Waals surface area contributed by atoms with Crippen LogP contribution in [0.4, 0.5) is 13.2 Å². The zero-order chi connectivity index (χ0) is 12.6. The van der Waals surface area contributed by atoms with E-state index in [2.05, 4.69) is 0 Å². The maximum Gasteiger partial charge on any atom is 0.179 e. The number of nitrogens with one attached hydrogen (secondary N) is 1. The fourth-order valence-corrected chi connectivity index (χ4v) is 1.88. The van der Waals surface area contributed by atoms with E-state index in [-0.39, 0.29) is 17.8 Å². The lowest BCUT2D eigenvalue weighted by molar-refractivity contribution is -0.117. The molecule has 0 saturated heterocycles. The van der Waals surface area contributed by atoms with Crippen molar-refractivity contribution in [2.75, 3.05) is 0 Å². The minimum atomic E-state index is -1.24. The Hall–Kier alpha value is -1.65. The van der Waals surface area contributed by atoms with Crippen molar-refractivity contribution < 1.29 is 18.0 Å². The Morgan fingerprint density at radius 3 is 2.35 bits per heavy atom. The Kier molecular flexibility index (Phi) is 2.77. The van der Waals surface area contributed by atoms with Crippen molar-refractivity contribution in [2.45, 2.75) is 19.3 Å². The van der Waals surface area contributed by atoms with Gasteiger partial charge >= 0.3 is 0 Å². The van der Waals surface area contributed by atoms with Gasteiger partial charge in [-0.05, 0) is 30.9 Å². The smallest absolute Gasteiger partial charge is 0.179 e. The van der Waals surface area contributed by atoms with Gasteiger partial charge in [0.05, 0.1) is 6.21 Å². The molecule has 0 aromatic heterocycles. The van der Waals surface area contributed by atoms with Crippen LogP contribution in [0.2, 0.25) is 0 Å². The molecule has 1 aliphatic rings. The second-order valence-electron chi connectivity index (χ2n) is 4.32. The second kappa shape index (κ2) is 3.98. The number of halogens is 3. The molecule has 0 aliphatic heterocycles. The van der Waals surface area contributed by atoms with E-state index in [0.29, 0.717) is 25.1 Å². The topological polar surface area (TPSA) is 40.9 Å². The van der Waals surface area contributed by atoms with E-state index in [1.54, 1.807) is 0 Å². The Labute approximate surface area is 96.0 Å². The third kappa shape index (κ3) is 2.09. The monoisotopic (exact) mass is 241 g/mol. The number of hydrogen-bond acceptors (Lipinski definition) is 2. The van der Waals surface area contributed by atoms with Crippen LogP contribution in [0, 0.1) is 28.3 Å². The lowest BCUT2D eigenvalue weighted by atomic mass is 9.92. The quantitative estimate of drug-likeness (QED) is 0.639. The molecule has 90 valence electrons. The molecule has 0 radical (unpaired) electrons. The van der Waals surface area contributed by atoms with Gasteiger partial charge in [-0.2, -0.15) is 0 Å². The van der Waals surface area contributed by atoms with Gasteiger partial charge in [-0.1, -0.05) is 0 Å². The minimum Gasteiger partial charge on any atom is -0.305 e. The third-order valence-electron chi connectivity index (χ3n) is 3.13. The first-order valence-corrected chi connectivity index (χ1v) is 5.17. The number of Topliss-reactive ketones (excluding diaryl/α,β-unsaturated/α-hetero) is 1. The maximum absolute atomic E-state index is 13.4. The standard InChI is InChI=1S/C12H10F3NO/c13-8-4-10(15)9(14)3-7(8)5-12(1-2-12)11(17)6-16/h3-4,6,16H,1-2,5H2. The largest absolute Gasteiger partial charge is 0.305 e. The number of carbonyl (C=O) groups excluding carboxylic acids is 1. The van der Waals surface area contributed by atoms with Gasteiger partial charge in [0.25, 0.3) is 0 Å². The van der Waals surface area contributed by atoms with Crippen molar-refractivity contribution in [3.63, 3.8) is 0 Å². The first-order valence-electron chi connectivity index (χ1n) is 5.17. The zero-order valence-electron chi connectivity index (χ0n) is 8.90. The van der Waals surface area contributed by atoms with E-state index in [1.807, 2.05) is 0 Å². The Morgan fingerprint density at radius 1 is 1.24 bits per heavy atom. The summed E-state index contributed by atoms with van der Waals surface area (Å²) in [5, 5.41) is 6.90. The molecule has 0 amide bonds. The molecule has 1 saturated carbocycles. The summed E-state index contributed by atoms with van der Waals surface area (Å²) in [6, 6.07) is 1.26. The van der Waals surface area contributed by atoms with E-state index in [1.165, 1.54) is 0 Å². The highest BCUT2D eigenvalue weighted by atomic mass is 19.2. The molecule has 0 bridgehead atoms. The molecule has 0 atom stereocenters. The summed E-state index contributed by atoms with van der Waals surface area (Å²) >= 11 is 0. The van der Waals surface area contributed by atoms with E-state index in [0.717, 1.165) is 6.07 Å². The van der Waals surface area contributed by atoms with Crippen LogP contribution in [-0.4, -0.2) is 12.0 Å². The molecule has 17 heavy (non-hydrogen) atoms. The number of rotatable bonds is 4. The van der Waals surface area contributed by atoms with Crippen LogP contribution in [0.1, 0.15) is 18.4 Å². The first-order chi connectivity index (χ1) is 7.98. The van der Waals surface area contributed by atoms with Crippen LogP contribution >= 0.6 is 0 Å². The zero-order valence-corrected chi connectivity index (χ0v) is 8.90. The highest BCUT2D eigenvalue weighted by Gasteiger charge is 2.48. The molecule has 2 rings (SSSR count). The van der Waals surface area contributed by atoms with Crippen molar-refractivity contribution in [1.29, 1.82) is 5.41 Å². The van der Waals surface area contributed by atoms with Crippen molar-refractivity contribution in [2.24, 2.45) is 5.41 Å². The molecule has 1 fully saturated rings. The van der Waals surface area contributed by atoms with Gasteiger partial charge in [-0.25, -0.2) is 13.2 Å². The highest BCUT2D eigenvalue weighted by Crippen LogP contribution is 2.49. The average molecular weight is 241 g/mol. The molecule has 0 spiro atoms. The molecular weight excluding hydrogens is 231 g/mol. The molecule has 1 aliphatic carbocycles. The van der Waals surface area contributed by atoms with E-state index in [4.69, 9.17) is 5.41 Å². The lowest BCUT2D eigenvalue weighted by Gasteiger charge is -2.11. The molecule has 0 unspecified atom stereocenters. The van der Waals surface area contributed by atoms with E-state index in [9.17, 15) is 18.0 Å². The van der Waals surface area contributed by atoms with Gasteiger partial charge in [0.15, 0.2) is 17.4 Å². The third-order valence-corrected chi connectivity index (χ3v) is 3.13. The van der Waals surface area contributed by atoms with Crippen molar-refractivity contribution in [3.8, 4) is 0 Å². The van der Waals surface area contributed by atoms with Crippen molar-refractivity contribution in [3.05, 3.63) is 35.1 Å². The van der Waals surface area contributed by atoms with Gasteiger partial charge in [0.1, 0.15) is 5.82 Å². The summed E-state index contributed by atoms with van der Waals surface area (Å²) in [6.45, 7) is 0. The second-order valence-corrected chi connectivity index (χ2v) is 4.32. The van der Waals surface area contributed by atoms with E-state index < -0.39 is 22.9 Å². The van der Waals surface area contributed by atoms with Crippen LogP contribution in [0.5, 0.6) is 0 Å². The normalized spacial score (nSPS) is 16.6. The van der Waals surface area contributed by atoms with Gasteiger partial charge < -0.3 is 5.41 Å². The Morgan fingerprint density at radius 2 is 1.82 bits per heavy atom. The summed E-state index contributed by atoms with van der Waals surface area (Å²) in [7, 11) is 0. The molecule has 0 heterocycles. The van der Waals surface area contributed by atoms with Crippen LogP contribution in [-0.2, 0) is 11.2 Å². The number of carbonyl (C=O) groups is 1. The van der Waals surface area contributed by atoms with Crippen LogP contribution in [0.15, 0.2) is 12.1 Å². The van der Waals surface area contributed by atoms with Crippen LogP contribution < -0.4 is 0 Å². The van der Waals surface area contributed by atoms with Crippen LogP contribution in [0.25, 0.3) is 0 Å². The SMILES string of the molecule is N=CC(=O)C1(Cc2cc(F)c(F)cc2F)CC1. The molecule has 1 aromatic rings. The summed E-state index contributed by atoms with van der Waals surface area (Å²) in [5.74, 6) is -3.61. The number of benzene rings is 1. The van der Waals surface area contributed by atoms with Gasteiger partial charge in [-0.3, -0.25) is 4.79 Å². The number of ketones is 1. The summed E-state index contributed by atoms with van der Waals surface area (Å²) < 4.78 is 39.1. The van der Waals surface area contributed by atoms with Crippen LogP contribution in [0.3, 0.4) is 0 Å². The lowest BCUT2D eigenvalue weighted by Crippen LogP contribution is -2.20. The Bertz CT molecular complexity index is 495. The molecular formula is C12H10F3NO. The molecule has 2 nitrogen and oxygen atoms in total. The molecule has 1 aromatic carbocycles. The summed E-state index contributed by atoms with van der Waals surface area (Å²) in [4.78, 5) is 11.4. The predicted molar refractivity (Wildman–Crippen MR) is 55.5 cm³/mol. The number of hydrogen-bond donors (Lipinski definition) is 1. The van der Waals surface area contributed by atoms with Crippen molar-refractivity contribution >= 4 is 12.0 Å². The van der Waals surface area contributed by atoms with Gasteiger partial charge in [0, 0.05) is 11.5 Å². The molecule has 1 N–H and O–H groups in total. The summed E-state index contributed by atoms with van der Waals surface area (Å²) in [5.41, 5.74) is -0.788. The van der Waals surface area contributed by atoms with Gasteiger partial charge in [-0.15, -0.1) is 0 Å². The minimum absolute atomic E-state index is 0.0170. The predicted octanol–water partition coefficient (Wildman–Crippen LogP) is 2.65.